The van der Waals surface area contributed by atoms with Gasteiger partial charge in [0.25, 0.3) is 0 Å². The molecule has 29 heavy (non-hydrogen) atoms. The predicted octanol–water partition coefficient (Wildman–Crippen LogP) is 3.49. The third kappa shape index (κ3) is 4.54. The van der Waals surface area contributed by atoms with Gasteiger partial charge in [-0.25, -0.2) is 4.79 Å². The molecule has 1 aromatic heterocycles. The van der Waals surface area contributed by atoms with Crippen LogP contribution in [0.4, 0.5) is 10.7 Å². The summed E-state index contributed by atoms with van der Waals surface area (Å²) in [7, 11) is 0. The van der Waals surface area contributed by atoms with E-state index in [2.05, 4.69) is 5.32 Å². The molecule has 1 fully saturated rings. The van der Waals surface area contributed by atoms with Crippen LogP contribution in [0.3, 0.4) is 0 Å². The van der Waals surface area contributed by atoms with Crippen molar-refractivity contribution in [2.24, 2.45) is 0 Å². The molecule has 1 N–H and O–H groups in total. The highest BCUT2D eigenvalue weighted by Gasteiger charge is 2.24. The number of ether oxygens (including phenoxy) is 1. The Morgan fingerprint density at radius 1 is 1.17 bits per heavy atom. The lowest BCUT2D eigenvalue weighted by atomic mass is 10.1. The van der Waals surface area contributed by atoms with Crippen LogP contribution in [-0.4, -0.2) is 36.7 Å². The van der Waals surface area contributed by atoms with Crippen LogP contribution in [-0.2, 0) is 14.3 Å². The fourth-order valence-corrected chi connectivity index (χ4v) is 4.25. The number of amides is 2. The molecule has 8 heteroatoms. The van der Waals surface area contributed by atoms with Gasteiger partial charge >= 0.3 is 5.97 Å². The van der Waals surface area contributed by atoms with Gasteiger partial charge < -0.3 is 15.0 Å². The average molecular weight is 414 g/mol. The van der Waals surface area contributed by atoms with Crippen LogP contribution >= 0.6 is 11.3 Å². The molecule has 0 unspecified atom stereocenters. The highest BCUT2D eigenvalue weighted by Crippen LogP contribution is 2.33. The van der Waals surface area contributed by atoms with Crippen LogP contribution in [0, 0.1) is 13.8 Å². The third-order valence-corrected chi connectivity index (χ3v) is 5.91. The number of nitrogens with one attached hydrogen (secondary N) is 1. The summed E-state index contributed by atoms with van der Waals surface area (Å²) >= 11 is 1.29. The fraction of sp³-hybridized carbons (Fsp3) is 0.333. The monoisotopic (exact) mass is 414 g/mol. The van der Waals surface area contributed by atoms with Gasteiger partial charge in [-0.15, -0.1) is 11.3 Å². The SMILES string of the molecule is CC(=O)Nc1sc(C)c(C)c1C(=O)OCC(=O)c1ccc(N2CCCC2=O)cc1. The zero-order valence-corrected chi connectivity index (χ0v) is 17.4. The number of aryl methyl sites for hydroxylation is 1. The molecule has 7 nitrogen and oxygen atoms in total. The van der Waals surface area contributed by atoms with E-state index in [0.29, 0.717) is 23.5 Å². The topological polar surface area (TPSA) is 92.8 Å². The number of thiophene rings is 1. The van der Waals surface area contributed by atoms with Crippen molar-refractivity contribution in [3.05, 3.63) is 45.8 Å². The van der Waals surface area contributed by atoms with Gasteiger partial charge in [-0.2, -0.15) is 0 Å². The summed E-state index contributed by atoms with van der Waals surface area (Å²) in [5.74, 6) is -1.20. The zero-order valence-electron chi connectivity index (χ0n) is 16.5. The van der Waals surface area contributed by atoms with Crippen LogP contribution in [0.1, 0.15) is 50.9 Å². The number of esters is 1. The van der Waals surface area contributed by atoms with Gasteiger partial charge in [-0.3, -0.25) is 14.4 Å². The first-order valence-electron chi connectivity index (χ1n) is 9.26. The predicted molar refractivity (Wildman–Crippen MR) is 111 cm³/mol. The summed E-state index contributed by atoms with van der Waals surface area (Å²) in [5.41, 5.74) is 2.15. The molecule has 0 radical (unpaired) electrons. The molecule has 1 aromatic carbocycles. The Balaban J connectivity index is 1.65. The molecule has 1 aliphatic rings. The molecule has 2 heterocycles. The van der Waals surface area contributed by atoms with Crippen molar-refractivity contribution in [2.45, 2.75) is 33.6 Å². The molecule has 1 aliphatic heterocycles. The number of Topliss-reactive ketones (excluding diaryl/α,β-unsaturated/α-hetero) is 1. The normalized spacial score (nSPS) is 13.5. The van der Waals surface area contributed by atoms with Crippen LogP contribution in [0.15, 0.2) is 24.3 Å². The first-order chi connectivity index (χ1) is 13.8. The second kappa shape index (κ2) is 8.57. The second-order valence-electron chi connectivity index (χ2n) is 6.86. The Labute approximate surface area is 172 Å². The van der Waals surface area contributed by atoms with Crippen molar-refractivity contribution in [2.75, 3.05) is 23.4 Å². The quantitative estimate of drug-likeness (QED) is 0.577. The molecule has 3 rings (SSSR count). The Hall–Kier alpha value is -3.00. The lowest BCUT2D eigenvalue weighted by Gasteiger charge is -2.15. The standard InChI is InChI=1S/C21H22N2O5S/c1-12-13(2)29-20(22-14(3)24)19(12)21(27)28-11-17(25)15-6-8-16(9-7-15)23-10-4-5-18(23)26/h6-9H,4-5,10-11H2,1-3H3,(H,22,24). The minimum absolute atomic E-state index is 0.0782. The Morgan fingerprint density at radius 3 is 2.45 bits per heavy atom. The van der Waals surface area contributed by atoms with Gasteiger partial charge in [0.15, 0.2) is 12.4 Å². The number of anilines is 2. The highest BCUT2D eigenvalue weighted by molar-refractivity contribution is 7.16. The number of carbonyl (C=O) groups is 4. The van der Waals surface area contributed by atoms with E-state index in [4.69, 9.17) is 4.74 Å². The smallest absolute Gasteiger partial charge is 0.341 e. The van der Waals surface area contributed by atoms with E-state index in [9.17, 15) is 19.2 Å². The maximum absolute atomic E-state index is 12.5. The zero-order chi connectivity index (χ0) is 21.1. The van der Waals surface area contributed by atoms with Crippen molar-refractivity contribution in [3.8, 4) is 0 Å². The van der Waals surface area contributed by atoms with Gasteiger partial charge in [0.2, 0.25) is 11.8 Å². The molecule has 0 bridgehead atoms. The molecular formula is C21H22N2O5S. The number of hydrogen-bond acceptors (Lipinski definition) is 6. The van der Waals surface area contributed by atoms with E-state index >= 15 is 0 Å². The van der Waals surface area contributed by atoms with Gasteiger partial charge in [0.05, 0.1) is 5.56 Å². The highest BCUT2D eigenvalue weighted by atomic mass is 32.1. The summed E-state index contributed by atoms with van der Waals surface area (Å²) in [4.78, 5) is 50.7. The molecular weight excluding hydrogens is 392 g/mol. The van der Waals surface area contributed by atoms with Crippen molar-refractivity contribution in [1.82, 2.24) is 0 Å². The van der Waals surface area contributed by atoms with E-state index in [1.54, 1.807) is 36.1 Å². The van der Waals surface area contributed by atoms with Crippen LogP contribution in [0.25, 0.3) is 0 Å². The first-order valence-corrected chi connectivity index (χ1v) is 10.1. The molecule has 0 atom stereocenters. The fourth-order valence-electron chi connectivity index (χ4n) is 3.16. The summed E-state index contributed by atoms with van der Waals surface area (Å²) in [6.45, 7) is 5.25. The molecule has 152 valence electrons. The maximum atomic E-state index is 12.5. The maximum Gasteiger partial charge on any atom is 0.341 e. The molecule has 2 aromatic rings. The van der Waals surface area contributed by atoms with E-state index in [1.165, 1.54) is 18.3 Å². The number of ketones is 1. The number of hydrogen-bond donors (Lipinski definition) is 1. The molecule has 2 amide bonds. The van der Waals surface area contributed by atoms with E-state index < -0.39 is 12.6 Å². The van der Waals surface area contributed by atoms with Crippen molar-refractivity contribution >= 4 is 45.6 Å². The van der Waals surface area contributed by atoms with Gasteiger partial charge in [-0.1, -0.05) is 0 Å². The average Bonchev–Trinajstić information content (AvgIpc) is 3.22. The van der Waals surface area contributed by atoms with Crippen molar-refractivity contribution in [3.63, 3.8) is 0 Å². The lowest BCUT2D eigenvalue weighted by Crippen LogP contribution is -2.23. The largest absolute Gasteiger partial charge is 0.454 e. The summed E-state index contributed by atoms with van der Waals surface area (Å²) < 4.78 is 5.21. The molecule has 1 saturated heterocycles. The number of benzene rings is 1. The van der Waals surface area contributed by atoms with Crippen LogP contribution < -0.4 is 10.2 Å². The lowest BCUT2D eigenvalue weighted by molar-refractivity contribution is -0.117. The van der Waals surface area contributed by atoms with Gasteiger partial charge in [0.1, 0.15) is 5.00 Å². The molecule has 0 spiro atoms. The number of nitrogens with zero attached hydrogens (tertiary/aromatic N) is 1. The van der Waals surface area contributed by atoms with E-state index in [-0.39, 0.29) is 23.2 Å². The Morgan fingerprint density at radius 2 is 1.86 bits per heavy atom. The first kappa shape index (κ1) is 20.7. The second-order valence-corrected chi connectivity index (χ2v) is 8.09. The molecule has 0 saturated carbocycles. The minimum atomic E-state index is -0.650. The third-order valence-electron chi connectivity index (χ3n) is 4.79. The van der Waals surface area contributed by atoms with Crippen LogP contribution in [0.5, 0.6) is 0 Å². The van der Waals surface area contributed by atoms with Crippen molar-refractivity contribution < 1.29 is 23.9 Å². The minimum Gasteiger partial charge on any atom is -0.454 e. The Kier molecular flexibility index (Phi) is 6.12. The van der Waals surface area contributed by atoms with E-state index in [0.717, 1.165) is 22.5 Å². The summed E-state index contributed by atoms with van der Waals surface area (Å²) in [6.07, 6.45) is 1.37. The number of carbonyl (C=O) groups excluding carboxylic acids is 4. The molecule has 0 aliphatic carbocycles. The summed E-state index contributed by atoms with van der Waals surface area (Å²) in [5, 5.41) is 3.05. The van der Waals surface area contributed by atoms with E-state index in [1.807, 2.05) is 6.92 Å². The van der Waals surface area contributed by atoms with Crippen LogP contribution in [0.2, 0.25) is 0 Å². The Bertz CT molecular complexity index is 978. The van der Waals surface area contributed by atoms with Gasteiger partial charge in [-0.05, 0) is 50.1 Å². The van der Waals surface area contributed by atoms with Crippen molar-refractivity contribution in [1.29, 1.82) is 0 Å². The summed E-state index contributed by atoms with van der Waals surface area (Å²) in [6, 6.07) is 6.69. The number of rotatable bonds is 6. The van der Waals surface area contributed by atoms with Gasteiger partial charge in [0, 0.05) is 36.0 Å².